The summed E-state index contributed by atoms with van der Waals surface area (Å²) in [5, 5.41) is 0. The zero-order valence-electron chi connectivity index (χ0n) is 13.5. The first kappa shape index (κ1) is 15.4. The number of carbonyl (C=O) groups excluding carboxylic acids is 1. The molecule has 0 saturated carbocycles. The van der Waals surface area contributed by atoms with Crippen molar-refractivity contribution in [3.63, 3.8) is 0 Å². The molecule has 5 heteroatoms. The number of carbonyl (C=O) groups is 1. The van der Waals surface area contributed by atoms with Gasteiger partial charge in [0.1, 0.15) is 0 Å². The molecule has 1 amide bonds. The largest absolute Gasteiger partial charge is 0.454 e. The lowest BCUT2D eigenvalue weighted by atomic mass is 10.1. The van der Waals surface area contributed by atoms with Crippen molar-refractivity contribution in [2.24, 2.45) is 0 Å². The maximum Gasteiger partial charge on any atom is 0.237 e. The molecule has 0 radical (unpaired) electrons. The van der Waals surface area contributed by atoms with Gasteiger partial charge in [-0.2, -0.15) is 0 Å². The Morgan fingerprint density at radius 2 is 2.04 bits per heavy atom. The van der Waals surface area contributed by atoms with E-state index in [2.05, 4.69) is 13.0 Å². The van der Waals surface area contributed by atoms with Gasteiger partial charge in [-0.1, -0.05) is 24.3 Å². The van der Waals surface area contributed by atoms with Crippen LogP contribution in [0.2, 0.25) is 0 Å². The van der Waals surface area contributed by atoms with E-state index in [4.69, 9.17) is 9.47 Å². The molecule has 2 aromatic rings. The fourth-order valence-electron chi connectivity index (χ4n) is 3.30. The fourth-order valence-corrected chi connectivity index (χ4v) is 4.13. The highest BCUT2D eigenvalue weighted by Crippen LogP contribution is 2.34. The summed E-state index contributed by atoms with van der Waals surface area (Å²) in [6, 6.07) is 14.4. The van der Waals surface area contributed by atoms with Gasteiger partial charge in [-0.15, -0.1) is 11.8 Å². The number of fused-ring (bicyclic) bond motifs is 2. The van der Waals surface area contributed by atoms with Crippen molar-refractivity contribution in [1.82, 2.24) is 0 Å². The van der Waals surface area contributed by atoms with E-state index >= 15 is 0 Å². The van der Waals surface area contributed by atoms with Crippen molar-refractivity contribution >= 4 is 23.4 Å². The summed E-state index contributed by atoms with van der Waals surface area (Å²) < 4.78 is 10.7. The Balaban J connectivity index is 1.37. The van der Waals surface area contributed by atoms with Crippen LogP contribution in [0.3, 0.4) is 0 Å². The Kier molecular flexibility index (Phi) is 4.10. The number of nitrogens with zero attached hydrogens (tertiary/aromatic N) is 1. The van der Waals surface area contributed by atoms with Crippen molar-refractivity contribution in [3.05, 3.63) is 53.6 Å². The van der Waals surface area contributed by atoms with Crippen molar-refractivity contribution in [3.8, 4) is 11.5 Å². The van der Waals surface area contributed by atoms with Crippen molar-refractivity contribution in [2.45, 2.75) is 25.1 Å². The average Bonchev–Trinajstić information content (AvgIpc) is 3.17. The molecule has 0 bridgehead atoms. The second-order valence-electron chi connectivity index (χ2n) is 6.13. The van der Waals surface area contributed by atoms with E-state index in [0.29, 0.717) is 5.75 Å². The van der Waals surface area contributed by atoms with E-state index in [1.165, 1.54) is 5.56 Å². The number of thioether (sulfide) groups is 1. The minimum atomic E-state index is 0.179. The van der Waals surface area contributed by atoms with E-state index < -0.39 is 0 Å². The molecule has 0 spiro atoms. The zero-order valence-corrected chi connectivity index (χ0v) is 14.3. The molecule has 0 aromatic heterocycles. The first-order valence-corrected chi connectivity index (χ1v) is 9.24. The molecule has 24 heavy (non-hydrogen) atoms. The van der Waals surface area contributed by atoms with Crippen molar-refractivity contribution < 1.29 is 14.3 Å². The van der Waals surface area contributed by atoms with Crippen LogP contribution in [0.15, 0.2) is 42.5 Å². The Bertz CT molecular complexity index is 777. The van der Waals surface area contributed by atoms with Crippen LogP contribution in [0.4, 0.5) is 5.69 Å². The van der Waals surface area contributed by atoms with Crippen molar-refractivity contribution in [2.75, 3.05) is 17.4 Å². The predicted octanol–water partition coefficient (Wildman–Crippen LogP) is 3.63. The third-order valence-corrected chi connectivity index (χ3v) is 5.40. The van der Waals surface area contributed by atoms with E-state index in [0.717, 1.165) is 34.9 Å². The van der Waals surface area contributed by atoms with Gasteiger partial charge >= 0.3 is 0 Å². The number of para-hydroxylation sites is 1. The summed E-state index contributed by atoms with van der Waals surface area (Å²) in [5.41, 5.74) is 3.48. The standard InChI is InChI=1S/C19H19NO3S/c1-13-8-15-4-2-3-5-16(15)20(13)19(21)11-24-10-14-6-7-17-18(9-14)23-12-22-17/h2-7,9,13H,8,10-12H2,1H3/t13-/m0/s1. The number of hydrogen-bond acceptors (Lipinski definition) is 4. The molecule has 124 valence electrons. The van der Waals surface area contributed by atoms with Crippen LogP contribution < -0.4 is 14.4 Å². The van der Waals surface area contributed by atoms with E-state index in [-0.39, 0.29) is 18.7 Å². The number of ether oxygens (including phenoxy) is 2. The minimum absolute atomic E-state index is 0.179. The molecule has 2 aliphatic rings. The third-order valence-electron chi connectivity index (χ3n) is 4.41. The summed E-state index contributed by atoms with van der Waals surface area (Å²) in [7, 11) is 0. The molecule has 0 unspecified atom stereocenters. The van der Waals surface area contributed by atoms with Crippen LogP contribution in [-0.2, 0) is 17.0 Å². The molecule has 4 rings (SSSR count). The van der Waals surface area contributed by atoms with Gasteiger partial charge in [0, 0.05) is 17.5 Å². The number of amides is 1. The Morgan fingerprint density at radius 3 is 2.96 bits per heavy atom. The molecule has 0 saturated heterocycles. The maximum atomic E-state index is 12.7. The summed E-state index contributed by atoms with van der Waals surface area (Å²) in [5.74, 6) is 3.03. The molecule has 0 N–H and O–H groups in total. The number of benzene rings is 2. The highest BCUT2D eigenvalue weighted by atomic mass is 32.2. The van der Waals surface area contributed by atoms with Crippen LogP contribution in [-0.4, -0.2) is 24.5 Å². The van der Waals surface area contributed by atoms with Gasteiger partial charge in [0.15, 0.2) is 11.5 Å². The summed E-state index contributed by atoms with van der Waals surface area (Å²) in [4.78, 5) is 14.6. The topological polar surface area (TPSA) is 38.8 Å². The van der Waals surface area contributed by atoms with Gasteiger partial charge < -0.3 is 14.4 Å². The Labute approximate surface area is 145 Å². The van der Waals surface area contributed by atoms with Crippen LogP contribution >= 0.6 is 11.8 Å². The molecule has 1 atom stereocenters. The van der Waals surface area contributed by atoms with E-state index in [1.54, 1.807) is 11.8 Å². The Hall–Kier alpha value is -2.14. The maximum absolute atomic E-state index is 12.7. The first-order valence-electron chi connectivity index (χ1n) is 8.08. The fraction of sp³-hybridized carbons (Fsp3) is 0.316. The lowest BCUT2D eigenvalue weighted by Crippen LogP contribution is -2.37. The quantitative estimate of drug-likeness (QED) is 0.851. The second kappa shape index (κ2) is 6.40. The number of rotatable bonds is 4. The van der Waals surface area contributed by atoms with E-state index in [1.807, 2.05) is 41.3 Å². The van der Waals surface area contributed by atoms with Gasteiger partial charge in [-0.25, -0.2) is 0 Å². The third kappa shape index (κ3) is 2.84. The normalized spacial score (nSPS) is 17.9. The van der Waals surface area contributed by atoms with Crippen LogP contribution in [0.25, 0.3) is 0 Å². The smallest absolute Gasteiger partial charge is 0.237 e. The number of hydrogen-bond donors (Lipinski definition) is 0. The Morgan fingerprint density at radius 1 is 1.21 bits per heavy atom. The minimum Gasteiger partial charge on any atom is -0.454 e. The van der Waals surface area contributed by atoms with Crippen LogP contribution in [0, 0.1) is 0 Å². The van der Waals surface area contributed by atoms with Gasteiger partial charge in [-0.05, 0) is 42.7 Å². The van der Waals surface area contributed by atoms with Gasteiger partial charge in [0.2, 0.25) is 12.7 Å². The lowest BCUT2D eigenvalue weighted by Gasteiger charge is -2.22. The summed E-state index contributed by atoms with van der Waals surface area (Å²) in [6.45, 7) is 2.40. The van der Waals surface area contributed by atoms with Gasteiger partial charge in [0.05, 0.1) is 5.75 Å². The molecule has 2 aromatic carbocycles. The molecule has 2 aliphatic heterocycles. The molecule has 4 nitrogen and oxygen atoms in total. The SMILES string of the molecule is C[C@H]1Cc2ccccc2N1C(=O)CSCc1ccc2c(c1)OCO2. The zero-order chi connectivity index (χ0) is 16.5. The van der Waals surface area contributed by atoms with Crippen LogP contribution in [0.1, 0.15) is 18.1 Å². The summed E-state index contributed by atoms with van der Waals surface area (Å²) in [6.07, 6.45) is 0.939. The van der Waals surface area contributed by atoms with Gasteiger partial charge in [0.25, 0.3) is 0 Å². The van der Waals surface area contributed by atoms with Crippen LogP contribution in [0.5, 0.6) is 11.5 Å². The van der Waals surface area contributed by atoms with E-state index in [9.17, 15) is 4.79 Å². The molecule has 0 aliphatic carbocycles. The highest BCUT2D eigenvalue weighted by molar-refractivity contribution is 7.99. The molecule has 0 fully saturated rings. The second-order valence-corrected chi connectivity index (χ2v) is 7.11. The number of anilines is 1. The molecular weight excluding hydrogens is 322 g/mol. The summed E-state index contributed by atoms with van der Waals surface area (Å²) >= 11 is 1.64. The molecular formula is C19H19NO3S. The lowest BCUT2D eigenvalue weighted by molar-refractivity contribution is -0.116. The highest BCUT2D eigenvalue weighted by Gasteiger charge is 2.30. The predicted molar refractivity (Wildman–Crippen MR) is 95.8 cm³/mol. The van der Waals surface area contributed by atoms with Gasteiger partial charge in [-0.3, -0.25) is 4.79 Å². The molecule has 2 heterocycles. The average molecular weight is 341 g/mol. The monoisotopic (exact) mass is 341 g/mol. The first-order chi connectivity index (χ1) is 11.7. The van der Waals surface area contributed by atoms with Crippen molar-refractivity contribution in [1.29, 1.82) is 0 Å².